The molecule has 0 radical (unpaired) electrons. The molecule has 0 bridgehead atoms. The molecule has 3 nitrogen and oxygen atoms in total. The topological polar surface area (TPSA) is 42.0 Å². The molecule has 76 valence electrons. The predicted molar refractivity (Wildman–Crippen MR) is 60.6 cm³/mol. The van der Waals surface area contributed by atoms with Crippen LogP contribution in [0.5, 0.6) is 0 Å². The van der Waals surface area contributed by atoms with Crippen molar-refractivity contribution in [2.24, 2.45) is 0 Å². The monoisotopic (exact) mass is 256 g/mol. The molecule has 0 saturated carbocycles. The van der Waals surface area contributed by atoms with Gasteiger partial charge in [-0.1, -0.05) is 15.9 Å². The number of anilines is 1. The molecule has 0 atom stereocenters. The molecule has 0 aromatic carbocycles. The summed E-state index contributed by atoms with van der Waals surface area (Å²) in [7, 11) is 0. The number of alkyl halides is 1. The number of aromatic nitrogens is 1. The highest BCUT2D eigenvalue weighted by Gasteiger charge is 2.23. The Labute approximate surface area is 92.1 Å². The summed E-state index contributed by atoms with van der Waals surface area (Å²) in [6.45, 7) is 5.49. The maximum absolute atomic E-state index is 11.6. The summed E-state index contributed by atoms with van der Waals surface area (Å²) < 4.78 is -0.551. The molecule has 1 rings (SSSR count). The Morgan fingerprint density at radius 2 is 2.21 bits per heavy atom. The largest absolute Gasteiger partial charge is 0.325 e. The first kappa shape index (κ1) is 11.2. The third-order valence-corrected chi connectivity index (χ3v) is 2.05. The molecule has 0 unspecified atom stereocenters. The van der Waals surface area contributed by atoms with Gasteiger partial charge in [-0.15, -0.1) is 0 Å². The van der Waals surface area contributed by atoms with Crippen LogP contribution in [0.25, 0.3) is 0 Å². The predicted octanol–water partition coefficient (Wildman–Crippen LogP) is 2.50. The maximum atomic E-state index is 11.6. The van der Waals surface area contributed by atoms with Gasteiger partial charge in [0.1, 0.15) is 0 Å². The van der Waals surface area contributed by atoms with E-state index in [4.69, 9.17) is 0 Å². The van der Waals surface area contributed by atoms with Gasteiger partial charge in [0.05, 0.1) is 4.32 Å². The molecule has 14 heavy (non-hydrogen) atoms. The highest BCUT2D eigenvalue weighted by molar-refractivity contribution is 9.10. The minimum Gasteiger partial charge on any atom is -0.325 e. The van der Waals surface area contributed by atoms with E-state index in [-0.39, 0.29) is 5.91 Å². The van der Waals surface area contributed by atoms with Gasteiger partial charge in [0.2, 0.25) is 5.91 Å². The molecule has 0 aliphatic rings. The number of carbonyl (C=O) groups is 1. The zero-order chi connectivity index (χ0) is 10.8. The number of aryl methyl sites for hydroxylation is 1. The third-order valence-electron chi connectivity index (χ3n) is 1.69. The Morgan fingerprint density at radius 1 is 1.57 bits per heavy atom. The molecule has 0 spiro atoms. The van der Waals surface area contributed by atoms with Gasteiger partial charge in [-0.2, -0.15) is 0 Å². The maximum Gasteiger partial charge on any atom is 0.240 e. The molecule has 4 heteroatoms. The lowest BCUT2D eigenvalue weighted by molar-refractivity contribution is -0.117. The number of nitrogens with zero attached hydrogens (tertiary/aromatic N) is 1. The van der Waals surface area contributed by atoms with Crippen LogP contribution in [0.3, 0.4) is 0 Å². The van der Waals surface area contributed by atoms with Gasteiger partial charge in [0.15, 0.2) is 0 Å². The normalized spacial score (nSPS) is 11.1. The molecule has 1 aromatic rings. The second kappa shape index (κ2) is 4.09. The minimum absolute atomic E-state index is 0.0666. The zero-order valence-corrected chi connectivity index (χ0v) is 10.1. The van der Waals surface area contributed by atoms with Crippen molar-refractivity contribution in [3.63, 3.8) is 0 Å². The average molecular weight is 257 g/mol. The van der Waals surface area contributed by atoms with E-state index in [0.717, 1.165) is 11.4 Å². The molecule has 0 aliphatic carbocycles. The minimum atomic E-state index is -0.551. The fraction of sp³-hybridized carbons (Fsp3) is 0.400. The van der Waals surface area contributed by atoms with Gasteiger partial charge < -0.3 is 5.32 Å². The van der Waals surface area contributed by atoms with E-state index in [2.05, 4.69) is 26.2 Å². The summed E-state index contributed by atoms with van der Waals surface area (Å²) in [4.78, 5) is 15.6. The Hall–Kier alpha value is -0.900. The highest BCUT2D eigenvalue weighted by atomic mass is 79.9. The lowest BCUT2D eigenvalue weighted by Gasteiger charge is -2.15. The van der Waals surface area contributed by atoms with E-state index in [0.29, 0.717) is 0 Å². The molecule has 0 saturated heterocycles. The zero-order valence-electron chi connectivity index (χ0n) is 8.47. The van der Waals surface area contributed by atoms with Crippen molar-refractivity contribution in [3.05, 3.63) is 24.0 Å². The van der Waals surface area contributed by atoms with E-state index in [1.807, 2.05) is 13.0 Å². The Morgan fingerprint density at radius 3 is 2.71 bits per heavy atom. The van der Waals surface area contributed by atoms with E-state index in [9.17, 15) is 4.79 Å². The third kappa shape index (κ3) is 3.10. The summed E-state index contributed by atoms with van der Waals surface area (Å²) >= 11 is 3.29. The summed E-state index contributed by atoms with van der Waals surface area (Å²) in [5.74, 6) is -0.0666. The highest BCUT2D eigenvalue weighted by Crippen LogP contribution is 2.18. The Bertz CT molecular complexity index is 344. The smallest absolute Gasteiger partial charge is 0.240 e. The summed E-state index contributed by atoms with van der Waals surface area (Å²) in [5.41, 5.74) is 1.66. The number of nitrogens with one attached hydrogen (secondary N) is 1. The Kier molecular flexibility index (Phi) is 3.26. The van der Waals surface area contributed by atoms with Crippen LogP contribution in [-0.4, -0.2) is 15.2 Å². The van der Waals surface area contributed by atoms with Crippen LogP contribution in [0, 0.1) is 6.92 Å². The SMILES string of the molecule is Cc1cc(NC(=O)C(C)(C)Br)ccn1. The van der Waals surface area contributed by atoms with Gasteiger partial charge >= 0.3 is 0 Å². The number of hydrogen-bond acceptors (Lipinski definition) is 2. The molecule has 1 N–H and O–H groups in total. The van der Waals surface area contributed by atoms with Crippen LogP contribution in [0.1, 0.15) is 19.5 Å². The number of rotatable bonds is 2. The van der Waals surface area contributed by atoms with Crippen molar-refractivity contribution in [1.82, 2.24) is 4.98 Å². The van der Waals surface area contributed by atoms with Gasteiger partial charge in [-0.05, 0) is 32.9 Å². The fourth-order valence-electron chi connectivity index (χ4n) is 0.903. The van der Waals surface area contributed by atoms with E-state index < -0.39 is 4.32 Å². The van der Waals surface area contributed by atoms with Crippen molar-refractivity contribution >= 4 is 27.5 Å². The number of pyridine rings is 1. The van der Waals surface area contributed by atoms with Crippen molar-refractivity contribution in [2.75, 3.05) is 5.32 Å². The van der Waals surface area contributed by atoms with Crippen molar-refractivity contribution in [3.8, 4) is 0 Å². The summed E-state index contributed by atoms with van der Waals surface area (Å²) in [6.07, 6.45) is 1.67. The van der Waals surface area contributed by atoms with Crippen LogP contribution >= 0.6 is 15.9 Å². The van der Waals surface area contributed by atoms with Crippen LogP contribution in [0.2, 0.25) is 0 Å². The van der Waals surface area contributed by atoms with Crippen molar-refractivity contribution in [1.29, 1.82) is 0 Å². The van der Waals surface area contributed by atoms with Crippen LogP contribution < -0.4 is 5.32 Å². The number of carbonyl (C=O) groups excluding carboxylic acids is 1. The standard InChI is InChI=1S/C10H13BrN2O/c1-7-6-8(4-5-12-7)13-9(14)10(2,3)11/h4-6H,1-3H3,(H,12,13,14). The molecular formula is C10H13BrN2O. The first-order chi connectivity index (χ1) is 6.39. The molecule has 0 fully saturated rings. The number of hydrogen-bond donors (Lipinski definition) is 1. The van der Waals surface area contributed by atoms with Gasteiger partial charge in [-0.25, -0.2) is 0 Å². The quantitative estimate of drug-likeness (QED) is 0.827. The second-order valence-corrected chi connectivity index (χ2v) is 5.59. The lowest BCUT2D eigenvalue weighted by atomic mass is 10.2. The van der Waals surface area contributed by atoms with Crippen molar-refractivity contribution < 1.29 is 4.79 Å². The molecule has 1 aromatic heterocycles. The van der Waals surface area contributed by atoms with E-state index in [1.165, 1.54) is 0 Å². The fourth-order valence-corrected chi connectivity index (χ4v) is 1.00. The summed E-state index contributed by atoms with van der Waals surface area (Å²) in [5, 5.41) is 2.80. The van der Waals surface area contributed by atoms with Gasteiger partial charge in [-0.3, -0.25) is 9.78 Å². The molecule has 1 heterocycles. The lowest BCUT2D eigenvalue weighted by Crippen LogP contribution is -2.30. The van der Waals surface area contributed by atoms with Gasteiger partial charge in [0.25, 0.3) is 0 Å². The second-order valence-electron chi connectivity index (χ2n) is 3.61. The van der Waals surface area contributed by atoms with Crippen LogP contribution in [-0.2, 0) is 4.79 Å². The average Bonchev–Trinajstić information content (AvgIpc) is 2.02. The van der Waals surface area contributed by atoms with Crippen LogP contribution in [0.15, 0.2) is 18.3 Å². The van der Waals surface area contributed by atoms with Gasteiger partial charge in [0, 0.05) is 17.6 Å². The van der Waals surface area contributed by atoms with E-state index in [1.54, 1.807) is 26.1 Å². The number of halogens is 1. The molecular weight excluding hydrogens is 244 g/mol. The van der Waals surface area contributed by atoms with E-state index >= 15 is 0 Å². The number of amides is 1. The molecule has 1 amide bonds. The molecule has 0 aliphatic heterocycles. The van der Waals surface area contributed by atoms with Crippen LogP contribution in [0.4, 0.5) is 5.69 Å². The first-order valence-corrected chi connectivity index (χ1v) is 5.12. The Balaban J connectivity index is 2.75. The van der Waals surface area contributed by atoms with Crippen molar-refractivity contribution in [2.45, 2.75) is 25.1 Å². The first-order valence-electron chi connectivity index (χ1n) is 4.32. The summed E-state index contributed by atoms with van der Waals surface area (Å²) in [6, 6.07) is 3.60.